The Bertz CT molecular complexity index is 441. The van der Waals surface area contributed by atoms with Crippen LogP contribution in [-0.2, 0) is 16.6 Å². The summed E-state index contributed by atoms with van der Waals surface area (Å²) >= 11 is 0. The van der Waals surface area contributed by atoms with Gasteiger partial charge in [0.05, 0.1) is 12.6 Å². The molecule has 1 heterocycles. The molecule has 0 radical (unpaired) electrons. The SMILES string of the molecule is CCC(O)CCNS(=O)(=O)c1ccc(CN)o1. The number of nitrogens with two attached hydrogens (primary N) is 1. The predicted octanol–water partition coefficient (Wildman–Crippen LogP) is 0.178. The van der Waals surface area contributed by atoms with Crippen LogP contribution in [0, 0.1) is 0 Å². The smallest absolute Gasteiger partial charge is 0.273 e. The maximum Gasteiger partial charge on any atom is 0.273 e. The summed E-state index contributed by atoms with van der Waals surface area (Å²) in [6.45, 7) is 2.17. The highest BCUT2D eigenvalue weighted by Gasteiger charge is 2.18. The van der Waals surface area contributed by atoms with E-state index in [0.717, 1.165) is 0 Å². The van der Waals surface area contributed by atoms with Crippen LogP contribution in [0.5, 0.6) is 0 Å². The molecule has 98 valence electrons. The molecule has 0 saturated heterocycles. The summed E-state index contributed by atoms with van der Waals surface area (Å²) in [6, 6.07) is 2.89. The summed E-state index contributed by atoms with van der Waals surface area (Å²) < 4.78 is 30.8. The molecule has 0 spiro atoms. The van der Waals surface area contributed by atoms with Gasteiger partial charge in [-0.25, -0.2) is 13.1 Å². The monoisotopic (exact) mass is 262 g/mol. The van der Waals surface area contributed by atoms with E-state index >= 15 is 0 Å². The van der Waals surface area contributed by atoms with Crippen molar-refractivity contribution in [3.63, 3.8) is 0 Å². The number of aliphatic hydroxyl groups excluding tert-OH is 1. The Morgan fingerprint density at radius 2 is 2.24 bits per heavy atom. The molecule has 0 aromatic carbocycles. The number of hydrogen-bond acceptors (Lipinski definition) is 5. The zero-order valence-electron chi connectivity index (χ0n) is 9.72. The van der Waals surface area contributed by atoms with E-state index in [0.29, 0.717) is 18.6 Å². The van der Waals surface area contributed by atoms with Gasteiger partial charge in [0, 0.05) is 6.54 Å². The number of rotatable bonds is 7. The van der Waals surface area contributed by atoms with Crippen LogP contribution in [0.4, 0.5) is 0 Å². The van der Waals surface area contributed by atoms with Gasteiger partial charge in [0.2, 0.25) is 5.09 Å². The summed E-state index contributed by atoms with van der Waals surface area (Å²) in [5.74, 6) is 0.416. The van der Waals surface area contributed by atoms with Gasteiger partial charge in [-0.15, -0.1) is 0 Å². The zero-order chi connectivity index (χ0) is 12.9. The summed E-state index contributed by atoms with van der Waals surface area (Å²) in [6.07, 6.45) is 0.480. The fourth-order valence-corrected chi connectivity index (χ4v) is 2.24. The number of sulfonamides is 1. The second kappa shape index (κ2) is 6.15. The van der Waals surface area contributed by atoms with Crippen LogP contribution in [0.15, 0.2) is 21.6 Å². The Balaban J connectivity index is 2.56. The third-order valence-electron chi connectivity index (χ3n) is 2.34. The van der Waals surface area contributed by atoms with Gasteiger partial charge < -0.3 is 15.3 Å². The van der Waals surface area contributed by atoms with Crippen LogP contribution < -0.4 is 10.5 Å². The highest BCUT2D eigenvalue weighted by atomic mass is 32.2. The largest absolute Gasteiger partial charge is 0.447 e. The van der Waals surface area contributed by atoms with Crippen molar-refractivity contribution in [1.82, 2.24) is 4.72 Å². The Labute approximate surface area is 101 Å². The Kier molecular flexibility index (Phi) is 5.13. The molecule has 0 aliphatic carbocycles. The standard InChI is InChI=1S/C10H18N2O4S/c1-2-8(13)5-6-12-17(14,15)10-4-3-9(7-11)16-10/h3-4,8,12-13H,2,5-7,11H2,1H3. The van der Waals surface area contributed by atoms with Gasteiger partial charge in [-0.3, -0.25) is 0 Å². The molecule has 0 aliphatic rings. The van der Waals surface area contributed by atoms with E-state index in [2.05, 4.69) is 4.72 Å². The van der Waals surface area contributed by atoms with Crippen LogP contribution in [0.2, 0.25) is 0 Å². The second-order valence-corrected chi connectivity index (χ2v) is 5.37. The van der Waals surface area contributed by atoms with Gasteiger partial charge in [-0.05, 0) is 25.0 Å². The van der Waals surface area contributed by atoms with Gasteiger partial charge in [-0.1, -0.05) is 6.92 Å². The van der Waals surface area contributed by atoms with Gasteiger partial charge in [0.15, 0.2) is 0 Å². The first-order valence-corrected chi connectivity index (χ1v) is 6.94. The summed E-state index contributed by atoms with van der Waals surface area (Å²) in [5, 5.41) is 9.14. The predicted molar refractivity (Wildman–Crippen MR) is 62.7 cm³/mol. The fourth-order valence-electron chi connectivity index (χ4n) is 1.25. The zero-order valence-corrected chi connectivity index (χ0v) is 10.5. The fraction of sp³-hybridized carbons (Fsp3) is 0.600. The molecule has 6 nitrogen and oxygen atoms in total. The van der Waals surface area contributed by atoms with Crippen molar-refractivity contribution < 1.29 is 17.9 Å². The van der Waals surface area contributed by atoms with Crippen LogP contribution in [0.1, 0.15) is 25.5 Å². The molecule has 0 amide bonds. The Hall–Kier alpha value is -0.890. The van der Waals surface area contributed by atoms with Gasteiger partial charge in [-0.2, -0.15) is 0 Å². The summed E-state index contributed by atoms with van der Waals surface area (Å²) in [7, 11) is -3.64. The number of hydrogen-bond donors (Lipinski definition) is 3. The van der Waals surface area contributed by atoms with Gasteiger partial charge >= 0.3 is 0 Å². The normalized spacial score (nSPS) is 13.8. The van der Waals surface area contributed by atoms with E-state index in [4.69, 9.17) is 10.2 Å². The molecule has 0 aliphatic heterocycles. The van der Waals surface area contributed by atoms with Crippen LogP contribution >= 0.6 is 0 Å². The maximum absolute atomic E-state index is 11.7. The molecule has 17 heavy (non-hydrogen) atoms. The van der Waals surface area contributed by atoms with Crippen molar-refractivity contribution in [1.29, 1.82) is 0 Å². The quantitative estimate of drug-likeness (QED) is 0.650. The average molecular weight is 262 g/mol. The van der Waals surface area contributed by atoms with E-state index in [-0.39, 0.29) is 18.2 Å². The Morgan fingerprint density at radius 3 is 2.76 bits per heavy atom. The van der Waals surface area contributed by atoms with E-state index in [1.54, 1.807) is 0 Å². The molecule has 1 aromatic rings. The van der Waals surface area contributed by atoms with E-state index in [1.807, 2.05) is 6.92 Å². The van der Waals surface area contributed by atoms with Crippen molar-refractivity contribution in [2.75, 3.05) is 6.54 Å². The lowest BCUT2D eigenvalue weighted by atomic mass is 10.2. The van der Waals surface area contributed by atoms with Gasteiger partial charge in [0.25, 0.3) is 10.0 Å². The van der Waals surface area contributed by atoms with Gasteiger partial charge in [0.1, 0.15) is 5.76 Å². The molecule has 4 N–H and O–H groups in total. The lowest BCUT2D eigenvalue weighted by Crippen LogP contribution is -2.26. The molecule has 0 fully saturated rings. The first-order valence-electron chi connectivity index (χ1n) is 5.46. The van der Waals surface area contributed by atoms with Crippen molar-refractivity contribution in [2.24, 2.45) is 5.73 Å². The minimum atomic E-state index is -3.64. The molecular weight excluding hydrogens is 244 g/mol. The number of furan rings is 1. The van der Waals surface area contributed by atoms with Crippen molar-refractivity contribution in [2.45, 2.75) is 37.5 Å². The third-order valence-corrected chi connectivity index (χ3v) is 3.68. The third kappa shape index (κ3) is 4.12. The second-order valence-electron chi connectivity index (χ2n) is 3.67. The molecule has 1 rings (SSSR count). The lowest BCUT2D eigenvalue weighted by molar-refractivity contribution is 0.162. The minimum absolute atomic E-state index is 0.149. The van der Waals surface area contributed by atoms with E-state index in [1.165, 1.54) is 12.1 Å². The molecule has 7 heteroatoms. The molecule has 1 atom stereocenters. The summed E-state index contributed by atoms with van der Waals surface area (Å²) in [4.78, 5) is 0. The first kappa shape index (κ1) is 14.2. The van der Waals surface area contributed by atoms with E-state index < -0.39 is 16.1 Å². The Morgan fingerprint density at radius 1 is 1.53 bits per heavy atom. The lowest BCUT2D eigenvalue weighted by Gasteiger charge is -2.08. The average Bonchev–Trinajstić information content (AvgIpc) is 2.77. The van der Waals surface area contributed by atoms with Crippen LogP contribution in [0.3, 0.4) is 0 Å². The molecular formula is C10H18N2O4S. The van der Waals surface area contributed by atoms with Crippen molar-refractivity contribution in [3.8, 4) is 0 Å². The van der Waals surface area contributed by atoms with Crippen LogP contribution in [0.25, 0.3) is 0 Å². The number of nitrogens with one attached hydrogen (secondary N) is 1. The van der Waals surface area contributed by atoms with Crippen molar-refractivity contribution >= 4 is 10.0 Å². The number of aliphatic hydroxyl groups is 1. The molecule has 0 bridgehead atoms. The molecule has 1 unspecified atom stereocenters. The highest BCUT2D eigenvalue weighted by molar-refractivity contribution is 7.89. The maximum atomic E-state index is 11.7. The first-order chi connectivity index (χ1) is 7.99. The van der Waals surface area contributed by atoms with Crippen LogP contribution in [-0.4, -0.2) is 26.2 Å². The topological polar surface area (TPSA) is 106 Å². The van der Waals surface area contributed by atoms with Crippen molar-refractivity contribution in [3.05, 3.63) is 17.9 Å². The van der Waals surface area contributed by atoms with E-state index in [9.17, 15) is 13.5 Å². The molecule has 0 saturated carbocycles. The highest BCUT2D eigenvalue weighted by Crippen LogP contribution is 2.13. The summed E-state index contributed by atoms with van der Waals surface area (Å²) in [5.41, 5.74) is 5.32. The molecule has 1 aromatic heterocycles. The minimum Gasteiger partial charge on any atom is -0.447 e.